The van der Waals surface area contributed by atoms with Crippen molar-refractivity contribution in [2.24, 2.45) is 5.73 Å². The Labute approximate surface area is 90.3 Å². The third-order valence-corrected chi connectivity index (χ3v) is 2.01. The van der Waals surface area contributed by atoms with Gasteiger partial charge in [-0.1, -0.05) is 0 Å². The minimum atomic E-state index is -0.308. The average Bonchev–Trinajstić information content (AvgIpc) is 2.46. The summed E-state index contributed by atoms with van der Waals surface area (Å²) in [5, 5.41) is 4.06. The van der Waals surface area contributed by atoms with E-state index in [4.69, 9.17) is 10.5 Å². The van der Waals surface area contributed by atoms with Crippen LogP contribution in [0.1, 0.15) is 12.6 Å². The van der Waals surface area contributed by atoms with Crippen molar-refractivity contribution in [1.29, 1.82) is 0 Å². The number of aromatic nitrogens is 2. The fourth-order valence-electron chi connectivity index (χ4n) is 1.05. The van der Waals surface area contributed by atoms with Gasteiger partial charge in [0.25, 0.3) is 0 Å². The summed E-state index contributed by atoms with van der Waals surface area (Å²) < 4.78 is 7.00. The molecule has 6 heteroatoms. The first kappa shape index (κ1) is 11.2. The Hall–Kier alpha value is -0.880. The molecule has 5 nitrogen and oxygen atoms in total. The average molecular weight is 262 g/mol. The van der Waals surface area contributed by atoms with E-state index < -0.39 is 0 Å². The Kier molecular flexibility index (Phi) is 4.09. The van der Waals surface area contributed by atoms with Gasteiger partial charge in [-0.15, -0.1) is 0 Å². The number of carbonyl (C=O) groups is 1. The Balaban J connectivity index is 2.70. The van der Waals surface area contributed by atoms with Crippen molar-refractivity contribution in [3.63, 3.8) is 0 Å². The smallest absolute Gasteiger partial charge is 0.327 e. The topological polar surface area (TPSA) is 70.1 Å². The van der Waals surface area contributed by atoms with Gasteiger partial charge in [0.05, 0.1) is 12.3 Å². The van der Waals surface area contributed by atoms with Crippen molar-refractivity contribution in [2.45, 2.75) is 20.0 Å². The highest BCUT2D eigenvalue weighted by Gasteiger charge is 2.09. The number of halogens is 1. The minimum Gasteiger partial charge on any atom is -0.465 e. The van der Waals surface area contributed by atoms with Gasteiger partial charge in [-0.3, -0.25) is 9.48 Å². The van der Waals surface area contributed by atoms with E-state index in [1.54, 1.807) is 13.0 Å². The van der Waals surface area contributed by atoms with E-state index in [0.717, 1.165) is 5.69 Å². The molecule has 0 radical (unpaired) electrons. The van der Waals surface area contributed by atoms with Crippen LogP contribution in [0.4, 0.5) is 0 Å². The molecule has 0 fully saturated rings. The summed E-state index contributed by atoms with van der Waals surface area (Å²) in [5.74, 6) is -0.308. The SMILES string of the molecule is CCOC(=O)Cn1nc(Br)cc1CN. The maximum absolute atomic E-state index is 11.2. The number of nitrogens with zero attached hydrogens (tertiary/aromatic N) is 2. The molecular weight excluding hydrogens is 250 g/mol. The van der Waals surface area contributed by atoms with Crippen LogP contribution in [0.2, 0.25) is 0 Å². The van der Waals surface area contributed by atoms with Crippen molar-refractivity contribution >= 4 is 21.9 Å². The van der Waals surface area contributed by atoms with Gasteiger partial charge in [0, 0.05) is 6.54 Å². The molecular formula is C8H12BrN3O2. The molecule has 2 N–H and O–H groups in total. The first-order valence-corrected chi connectivity index (χ1v) is 5.04. The molecule has 0 amide bonds. The molecule has 0 unspecified atom stereocenters. The van der Waals surface area contributed by atoms with Gasteiger partial charge in [0.1, 0.15) is 11.1 Å². The summed E-state index contributed by atoms with van der Waals surface area (Å²) in [7, 11) is 0. The molecule has 0 saturated carbocycles. The number of nitrogens with two attached hydrogens (primary N) is 1. The van der Waals surface area contributed by atoms with Gasteiger partial charge in [-0.25, -0.2) is 0 Å². The number of carbonyl (C=O) groups excluding carboxylic acids is 1. The number of esters is 1. The summed E-state index contributed by atoms with van der Waals surface area (Å²) >= 11 is 3.21. The van der Waals surface area contributed by atoms with E-state index in [2.05, 4.69) is 21.0 Å². The lowest BCUT2D eigenvalue weighted by Gasteiger charge is -2.04. The highest BCUT2D eigenvalue weighted by molar-refractivity contribution is 9.10. The zero-order valence-electron chi connectivity index (χ0n) is 7.86. The van der Waals surface area contributed by atoms with Crippen LogP contribution < -0.4 is 5.73 Å². The first-order valence-electron chi connectivity index (χ1n) is 4.25. The van der Waals surface area contributed by atoms with Crippen molar-refractivity contribution in [3.05, 3.63) is 16.4 Å². The Morgan fingerprint density at radius 1 is 1.79 bits per heavy atom. The lowest BCUT2D eigenvalue weighted by atomic mass is 10.4. The van der Waals surface area contributed by atoms with Crippen LogP contribution in [0.25, 0.3) is 0 Å². The lowest BCUT2D eigenvalue weighted by molar-refractivity contribution is -0.144. The Morgan fingerprint density at radius 2 is 2.50 bits per heavy atom. The molecule has 1 heterocycles. The minimum absolute atomic E-state index is 0.103. The molecule has 0 aliphatic carbocycles. The van der Waals surface area contributed by atoms with Crippen LogP contribution in [0, 0.1) is 0 Å². The van der Waals surface area contributed by atoms with E-state index in [9.17, 15) is 4.79 Å². The van der Waals surface area contributed by atoms with E-state index in [1.165, 1.54) is 4.68 Å². The van der Waals surface area contributed by atoms with Crippen molar-refractivity contribution < 1.29 is 9.53 Å². The fraction of sp³-hybridized carbons (Fsp3) is 0.500. The number of hydrogen-bond donors (Lipinski definition) is 1. The standard InChI is InChI=1S/C8H12BrN3O2/c1-2-14-8(13)5-12-6(4-10)3-7(9)11-12/h3H,2,4-5,10H2,1H3. The zero-order valence-corrected chi connectivity index (χ0v) is 9.45. The maximum Gasteiger partial charge on any atom is 0.327 e. The molecule has 0 bridgehead atoms. The molecule has 78 valence electrons. The van der Waals surface area contributed by atoms with Crippen LogP contribution in [-0.4, -0.2) is 22.4 Å². The molecule has 1 aromatic heterocycles. The van der Waals surface area contributed by atoms with Crippen molar-refractivity contribution in [3.8, 4) is 0 Å². The fourth-order valence-corrected chi connectivity index (χ4v) is 1.51. The van der Waals surface area contributed by atoms with E-state index >= 15 is 0 Å². The summed E-state index contributed by atoms with van der Waals surface area (Å²) in [6.07, 6.45) is 0. The molecule has 0 aliphatic heterocycles. The van der Waals surface area contributed by atoms with E-state index in [0.29, 0.717) is 17.8 Å². The molecule has 0 spiro atoms. The van der Waals surface area contributed by atoms with Crippen LogP contribution in [0.3, 0.4) is 0 Å². The third kappa shape index (κ3) is 2.81. The molecule has 1 aromatic rings. The largest absolute Gasteiger partial charge is 0.465 e. The zero-order chi connectivity index (χ0) is 10.6. The second-order valence-corrected chi connectivity index (χ2v) is 3.44. The second kappa shape index (κ2) is 5.11. The van der Waals surface area contributed by atoms with Crippen LogP contribution >= 0.6 is 15.9 Å². The highest BCUT2D eigenvalue weighted by atomic mass is 79.9. The van der Waals surface area contributed by atoms with Crippen LogP contribution in [0.15, 0.2) is 10.7 Å². The van der Waals surface area contributed by atoms with Crippen molar-refractivity contribution in [2.75, 3.05) is 6.61 Å². The summed E-state index contributed by atoms with van der Waals surface area (Å²) in [5.41, 5.74) is 6.28. The Bertz CT molecular complexity index is 324. The molecule has 0 aromatic carbocycles. The monoisotopic (exact) mass is 261 g/mol. The van der Waals surface area contributed by atoms with E-state index in [-0.39, 0.29) is 12.5 Å². The van der Waals surface area contributed by atoms with Crippen molar-refractivity contribution in [1.82, 2.24) is 9.78 Å². The number of hydrogen-bond acceptors (Lipinski definition) is 4. The van der Waals surface area contributed by atoms with E-state index in [1.807, 2.05) is 0 Å². The van der Waals surface area contributed by atoms with Crippen LogP contribution in [0.5, 0.6) is 0 Å². The molecule has 0 atom stereocenters. The van der Waals surface area contributed by atoms with Gasteiger partial charge < -0.3 is 10.5 Å². The summed E-state index contributed by atoms with van der Waals surface area (Å²) in [4.78, 5) is 11.2. The molecule has 14 heavy (non-hydrogen) atoms. The molecule has 1 rings (SSSR count). The quantitative estimate of drug-likeness (QED) is 0.809. The van der Waals surface area contributed by atoms with Crippen LogP contribution in [-0.2, 0) is 22.6 Å². The summed E-state index contributed by atoms with van der Waals surface area (Å²) in [6.45, 7) is 2.59. The van der Waals surface area contributed by atoms with Gasteiger partial charge in [0.2, 0.25) is 0 Å². The second-order valence-electron chi connectivity index (χ2n) is 2.63. The summed E-state index contributed by atoms with van der Waals surface area (Å²) in [6, 6.07) is 1.78. The lowest BCUT2D eigenvalue weighted by Crippen LogP contribution is -2.17. The Morgan fingerprint density at radius 3 is 3.07 bits per heavy atom. The van der Waals surface area contributed by atoms with Gasteiger partial charge in [-0.2, -0.15) is 5.10 Å². The predicted octanol–water partition coefficient (Wildman–Crippen LogP) is 0.667. The number of rotatable bonds is 4. The normalized spacial score (nSPS) is 10.2. The molecule has 0 aliphatic rings. The predicted molar refractivity (Wildman–Crippen MR) is 54.5 cm³/mol. The van der Waals surface area contributed by atoms with Gasteiger partial charge >= 0.3 is 5.97 Å². The van der Waals surface area contributed by atoms with Gasteiger partial charge in [0.15, 0.2) is 0 Å². The third-order valence-electron chi connectivity index (χ3n) is 1.63. The number of ether oxygens (including phenoxy) is 1. The highest BCUT2D eigenvalue weighted by Crippen LogP contribution is 2.10. The first-order chi connectivity index (χ1) is 6.67. The maximum atomic E-state index is 11.2. The van der Waals surface area contributed by atoms with Gasteiger partial charge in [-0.05, 0) is 28.9 Å². The molecule has 0 saturated heterocycles.